The average molecular weight is 1280 g/mol. The summed E-state index contributed by atoms with van der Waals surface area (Å²) in [5.41, 5.74) is 24.9. The summed E-state index contributed by atoms with van der Waals surface area (Å²) in [6, 6.07) is 117. The van der Waals surface area contributed by atoms with E-state index in [0.29, 0.717) is 11.6 Å². The van der Waals surface area contributed by atoms with Gasteiger partial charge in [0.15, 0.2) is 11.6 Å². The van der Waals surface area contributed by atoms with E-state index < -0.39 is 0 Å². The minimum atomic E-state index is 0.680. The van der Waals surface area contributed by atoms with Gasteiger partial charge >= 0.3 is 0 Å². The van der Waals surface area contributed by atoms with E-state index in [4.69, 9.17) is 37.6 Å². The molecule has 20 aromatic rings. The molecule has 468 valence electrons. The third-order valence-corrected chi connectivity index (χ3v) is 19.1. The summed E-state index contributed by atoms with van der Waals surface area (Å²) in [7, 11) is 0. The molecule has 8 nitrogen and oxygen atoms in total. The first-order chi connectivity index (χ1) is 49.5. The Labute approximate surface area is 574 Å². The van der Waals surface area contributed by atoms with Crippen LogP contribution in [0.1, 0.15) is 0 Å². The van der Waals surface area contributed by atoms with E-state index >= 15 is 0 Å². The summed E-state index contributed by atoms with van der Waals surface area (Å²) in [4.78, 5) is 20.4. The van der Waals surface area contributed by atoms with E-state index in [1.807, 2.05) is 121 Å². The predicted octanol–water partition coefficient (Wildman–Crippen LogP) is 25.2. The molecule has 6 heterocycles. The molecule has 8 heteroatoms. The van der Waals surface area contributed by atoms with Crippen molar-refractivity contribution in [3.8, 4) is 112 Å². The molecule has 20 rings (SSSR count). The Hall–Kier alpha value is -13.6. The van der Waals surface area contributed by atoms with Crippen LogP contribution in [-0.4, -0.2) is 19.9 Å². The third-order valence-electron chi connectivity index (χ3n) is 19.1. The number of fused-ring (bicyclic) bond motifs is 12. The van der Waals surface area contributed by atoms with Gasteiger partial charge in [0.2, 0.25) is 0 Å². The highest BCUT2D eigenvalue weighted by molar-refractivity contribution is 6.15. The van der Waals surface area contributed by atoms with Crippen molar-refractivity contribution < 1.29 is 17.7 Å². The van der Waals surface area contributed by atoms with Gasteiger partial charge in [0.05, 0.1) is 22.8 Å². The Bertz CT molecular complexity index is 6420. The van der Waals surface area contributed by atoms with Crippen LogP contribution in [-0.2, 0) is 0 Å². The third kappa shape index (κ3) is 10.3. The summed E-state index contributed by atoms with van der Waals surface area (Å²) in [5.74, 6) is 1.37. The molecule has 0 aliphatic carbocycles. The lowest BCUT2D eigenvalue weighted by Gasteiger charge is -2.15. The van der Waals surface area contributed by atoms with E-state index in [1.54, 1.807) is 0 Å². The standard InChI is InChI=1S/2C46H28N2O2/c1-3-13-29(14-4-1)40-28-41(48-46(47-40)30-15-5-2-6-16-30)31-25-26-32(35-19-11-20-36-33-17-7-9-23-42(33)49-44(35)36)39(27-31)38-22-12-21-37-34-18-8-10-24-43(34)50-45(37)38;1-3-11-29(12-4-1)40-28-41(48-46(47-40)30-13-5-2-6-14-30)33-19-22-34(31-20-23-44-38(25-31)35-15-7-9-17-42(35)49-44)37(27-33)32-21-24-45-39(26-32)36-16-8-10-18-43(36)50-45/h2*1-28H. The van der Waals surface area contributed by atoms with Crippen molar-refractivity contribution in [2.75, 3.05) is 0 Å². The summed E-state index contributed by atoms with van der Waals surface area (Å²) >= 11 is 0. The maximum atomic E-state index is 6.61. The minimum absolute atomic E-state index is 0.680. The Morgan fingerprint density at radius 3 is 0.930 bits per heavy atom. The number of benzene rings is 14. The molecule has 0 saturated carbocycles. The molecule has 0 bridgehead atoms. The monoisotopic (exact) mass is 1280 g/mol. The SMILES string of the molecule is c1ccc(-c2cc(-c3ccc(-c4ccc5oc6ccccc6c5c4)c(-c4ccc5oc6ccccc6c5c4)c3)nc(-c3ccccc3)n2)cc1.c1ccc(-c2cc(-c3ccc(-c4cccc5c4oc4ccccc45)c(-c4cccc5c4oc4ccccc45)c3)nc(-c3ccccc3)n2)cc1. The highest BCUT2D eigenvalue weighted by atomic mass is 16.3. The van der Waals surface area contributed by atoms with Gasteiger partial charge in [-0.1, -0.05) is 267 Å². The van der Waals surface area contributed by atoms with Crippen molar-refractivity contribution in [3.05, 3.63) is 340 Å². The molecular weight excluding hydrogens is 1230 g/mol. The van der Waals surface area contributed by atoms with Crippen molar-refractivity contribution >= 4 is 87.8 Å². The zero-order valence-corrected chi connectivity index (χ0v) is 53.8. The Morgan fingerprint density at radius 1 is 0.160 bits per heavy atom. The summed E-state index contributed by atoms with van der Waals surface area (Å²) in [6.07, 6.45) is 0. The first-order valence-electron chi connectivity index (χ1n) is 33.5. The minimum Gasteiger partial charge on any atom is -0.456 e. The molecule has 0 spiro atoms. The van der Waals surface area contributed by atoms with Gasteiger partial charge in [0.1, 0.15) is 44.7 Å². The van der Waals surface area contributed by atoms with E-state index in [-0.39, 0.29) is 0 Å². The Morgan fingerprint density at radius 2 is 0.480 bits per heavy atom. The van der Waals surface area contributed by atoms with Crippen LogP contribution in [0.4, 0.5) is 0 Å². The zero-order valence-electron chi connectivity index (χ0n) is 53.8. The van der Waals surface area contributed by atoms with E-state index in [9.17, 15) is 0 Å². The lowest BCUT2D eigenvalue weighted by molar-refractivity contribution is 0.668. The Kier molecular flexibility index (Phi) is 14.0. The van der Waals surface area contributed by atoms with Crippen LogP contribution in [0.25, 0.3) is 200 Å². The van der Waals surface area contributed by atoms with E-state index in [0.717, 1.165) is 188 Å². The van der Waals surface area contributed by atoms with Crippen molar-refractivity contribution in [3.63, 3.8) is 0 Å². The van der Waals surface area contributed by atoms with Crippen LogP contribution < -0.4 is 0 Å². The molecule has 0 amide bonds. The highest BCUT2D eigenvalue weighted by Crippen LogP contribution is 2.46. The molecular formula is C92H56N4O4. The molecule has 0 aliphatic rings. The van der Waals surface area contributed by atoms with Gasteiger partial charge in [0.25, 0.3) is 0 Å². The van der Waals surface area contributed by atoms with Gasteiger partial charge in [0, 0.05) is 87.6 Å². The number of aromatic nitrogens is 4. The quantitative estimate of drug-likeness (QED) is 0.133. The molecule has 0 N–H and O–H groups in total. The van der Waals surface area contributed by atoms with Crippen molar-refractivity contribution in [1.82, 2.24) is 19.9 Å². The molecule has 6 aromatic heterocycles. The number of furan rings is 4. The van der Waals surface area contributed by atoms with Crippen LogP contribution in [0.15, 0.2) is 357 Å². The zero-order chi connectivity index (χ0) is 66.0. The summed E-state index contributed by atoms with van der Waals surface area (Å²) in [5, 5.41) is 8.76. The fourth-order valence-electron chi connectivity index (χ4n) is 14.2. The van der Waals surface area contributed by atoms with Crippen LogP contribution in [0, 0.1) is 0 Å². The molecule has 0 fully saturated rings. The van der Waals surface area contributed by atoms with Gasteiger partial charge in [-0.2, -0.15) is 0 Å². The van der Waals surface area contributed by atoms with Gasteiger partial charge in [-0.25, -0.2) is 19.9 Å². The second-order valence-corrected chi connectivity index (χ2v) is 25.1. The number of para-hydroxylation sites is 6. The van der Waals surface area contributed by atoms with E-state index in [2.05, 4.69) is 218 Å². The first kappa shape index (κ1) is 57.9. The van der Waals surface area contributed by atoms with E-state index in [1.165, 1.54) is 0 Å². The van der Waals surface area contributed by atoms with Crippen molar-refractivity contribution in [1.29, 1.82) is 0 Å². The van der Waals surface area contributed by atoms with Crippen LogP contribution in [0.5, 0.6) is 0 Å². The van der Waals surface area contributed by atoms with Gasteiger partial charge in [-0.05, 0) is 106 Å². The van der Waals surface area contributed by atoms with Crippen molar-refractivity contribution in [2.45, 2.75) is 0 Å². The Balaban J connectivity index is 0.000000139. The molecule has 0 aliphatic heterocycles. The number of nitrogens with zero attached hydrogens (tertiary/aromatic N) is 4. The maximum Gasteiger partial charge on any atom is 0.160 e. The molecule has 100 heavy (non-hydrogen) atoms. The van der Waals surface area contributed by atoms with Gasteiger partial charge < -0.3 is 17.7 Å². The number of hydrogen-bond acceptors (Lipinski definition) is 8. The normalized spacial score (nSPS) is 11.6. The largest absolute Gasteiger partial charge is 0.456 e. The lowest BCUT2D eigenvalue weighted by atomic mass is 9.90. The molecule has 14 aromatic carbocycles. The van der Waals surface area contributed by atoms with Gasteiger partial charge in [-0.15, -0.1) is 0 Å². The first-order valence-corrected chi connectivity index (χ1v) is 33.5. The highest BCUT2D eigenvalue weighted by Gasteiger charge is 2.23. The lowest BCUT2D eigenvalue weighted by Crippen LogP contribution is -1.96. The number of rotatable bonds is 10. The molecule has 0 saturated heterocycles. The summed E-state index contributed by atoms with van der Waals surface area (Å²) in [6.45, 7) is 0. The molecule has 0 radical (unpaired) electrons. The van der Waals surface area contributed by atoms with Crippen LogP contribution in [0.2, 0.25) is 0 Å². The average Bonchev–Trinajstić information content (AvgIpc) is 1.53. The maximum absolute atomic E-state index is 6.61. The summed E-state index contributed by atoms with van der Waals surface area (Å²) < 4.78 is 25.6. The molecule has 0 unspecified atom stereocenters. The van der Waals surface area contributed by atoms with Crippen molar-refractivity contribution in [2.24, 2.45) is 0 Å². The fraction of sp³-hybridized carbons (Fsp3) is 0. The van der Waals surface area contributed by atoms with Crippen LogP contribution >= 0.6 is 0 Å². The predicted molar refractivity (Wildman–Crippen MR) is 408 cm³/mol. The second kappa shape index (κ2) is 24.3. The van der Waals surface area contributed by atoms with Gasteiger partial charge in [-0.3, -0.25) is 0 Å². The van der Waals surface area contributed by atoms with Crippen LogP contribution in [0.3, 0.4) is 0 Å². The second-order valence-electron chi connectivity index (χ2n) is 25.1. The molecule has 0 atom stereocenters. The number of hydrogen-bond donors (Lipinski definition) is 0. The topological polar surface area (TPSA) is 104 Å². The fourth-order valence-corrected chi connectivity index (χ4v) is 14.2. The smallest absolute Gasteiger partial charge is 0.160 e.